The second-order valence-electron chi connectivity index (χ2n) is 4.34. The highest BCUT2D eigenvalue weighted by Gasteiger charge is 2.19. The molecule has 1 unspecified atom stereocenters. The van der Waals surface area contributed by atoms with Crippen LogP contribution in [-0.2, 0) is 0 Å². The SMILES string of the molecule is Fc1ccc(C(Cl)c2csc3c(Br)cccc23)c(F)c1. The monoisotopic (exact) mass is 372 g/mol. The maximum atomic E-state index is 13.8. The number of benzene rings is 2. The summed E-state index contributed by atoms with van der Waals surface area (Å²) in [4.78, 5) is 0. The molecule has 0 aliphatic heterocycles. The molecular weight excluding hydrogens is 366 g/mol. The lowest BCUT2D eigenvalue weighted by Crippen LogP contribution is -1.97. The largest absolute Gasteiger partial charge is 0.207 e. The van der Waals surface area contributed by atoms with Gasteiger partial charge in [0.15, 0.2) is 0 Å². The van der Waals surface area contributed by atoms with Crippen LogP contribution >= 0.6 is 38.9 Å². The zero-order chi connectivity index (χ0) is 14.3. The lowest BCUT2D eigenvalue weighted by Gasteiger charge is -2.10. The molecule has 1 atom stereocenters. The molecule has 0 aliphatic carbocycles. The van der Waals surface area contributed by atoms with Crippen molar-refractivity contribution in [1.82, 2.24) is 0 Å². The Labute approximate surface area is 132 Å². The molecule has 0 amide bonds. The summed E-state index contributed by atoms with van der Waals surface area (Å²) in [6, 6.07) is 9.28. The summed E-state index contributed by atoms with van der Waals surface area (Å²) < 4.78 is 28.9. The predicted octanol–water partition coefficient (Wildman–Crippen LogP) is 6.27. The highest BCUT2D eigenvalue weighted by Crippen LogP contribution is 2.40. The summed E-state index contributed by atoms with van der Waals surface area (Å²) in [5.74, 6) is -1.23. The average molecular weight is 374 g/mol. The van der Waals surface area contributed by atoms with Crippen LogP contribution in [0.25, 0.3) is 10.1 Å². The maximum absolute atomic E-state index is 13.8. The summed E-state index contributed by atoms with van der Waals surface area (Å²) in [6.07, 6.45) is 0. The normalized spacial score (nSPS) is 12.8. The molecule has 0 aliphatic rings. The van der Waals surface area contributed by atoms with Crippen molar-refractivity contribution in [2.45, 2.75) is 5.38 Å². The third-order valence-corrected chi connectivity index (χ3v) is 5.53. The molecule has 2 aromatic carbocycles. The molecule has 3 rings (SSSR count). The Morgan fingerprint density at radius 1 is 1.10 bits per heavy atom. The minimum absolute atomic E-state index is 0.285. The van der Waals surface area contributed by atoms with Gasteiger partial charge in [0.2, 0.25) is 0 Å². The quantitative estimate of drug-likeness (QED) is 0.464. The van der Waals surface area contributed by atoms with E-state index in [1.54, 1.807) is 11.3 Å². The zero-order valence-corrected chi connectivity index (χ0v) is 13.2. The Balaban J connectivity index is 2.13. The molecule has 1 aromatic heterocycles. The first kappa shape index (κ1) is 14.0. The van der Waals surface area contributed by atoms with E-state index in [0.29, 0.717) is 0 Å². The molecule has 1 heterocycles. The smallest absolute Gasteiger partial charge is 0.131 e. The molecule has 0 N–H and O–H groups in total. The van der Waals surface area contributed by atoms with Crippen LogP contribution in [0.5, 0.6) is 0 Å². The van der Waals surface area contributed by atoms with Gasteiger partial charge in [0.25, 0.3) is 0 Å². The number of fused-ring (bicyclic) bond motifs is 1. The molecule has 0 spiro atoms. The van der Waals surface area contributed by atoms with E-state index in [2.05, 4.69) is 15.9 Å². The number of rotatable bonds is 2. The number of halogens is 4. The van der Waals surface area contributed by atoms with Crippen LogP contribution in [0.15, 0.2) is 46.3 Å². The van der Waals surface area contributed by atoms with Crippen LogP contribution in [0.3, 0.4) is 0 Å². The fraction of sp³-hybridized carbons (Fsp3) is 0.0667. The van der Waals surface area contributed by atoms with E-state index in [0.717, 1.165) is 26.2 Å². The van der Waals surface area contributed by atoms with Crippen molar-refractivity contribution in [2.24, 2.45) is 0 Å². The lowest BCUT2D eigenvalue weighted by molar-refractivity contribution is 0.574. The Bertz CT molecular complexity index is 785. The van der Waals surface area contributed by atoms with Gasteiger partial charge in [-0.05, 0) is 44.4 Å². The molecule has 3 aromatic rings. The Morgan fingerprint density at radius 2 is 1.90 bits per heavy atom. The van der Waals surface area contributed by atoms with Crippen molar-refractivity contribution in [3.63, 3.8) is 0 Å². The van der Waals surface area contributed by atoms with Crippen LogP contribution in [-0.4, -0.2) is 0 Å². The fourth-order valence-electron chi connectivity index (χ4n) is 2.11. The van der Waals surface area contributed by atoms with Gasteiger partial charge >= 0.3 is 0 Å². The molecule has 0 saturated carbocycles. The fourth-order valence-corrected chi connectivity index (χ4v) is 4.19. The van der Waals surface area contributed by atoms with Crippen LogP contribution < -0.4 is 0 Å². The predicted molar refractivity (Wildman–Crippen MR) is 83.6 cm³/mol. The zero-order valence-electron chi connectivity index (χ0n) is 10.0. The number of hydrogen-bond donors (Lipinski definition) is 0. The van der Waals surface area contributed by atoms with Crippen molar-refractivity contribution >= 4 is 49.0 Å². The Morgan fingerprint density at radius 3 is 2.65 bits per heavy atom. The van der Waals surface area contributed by atoms with E-state index in [1.165, 1.54) is 12.1 Å². The molecule has 0 nitrogen and oxygen atoms in total. The van der Waals surface area contributed by atoms with E-state index in [1.807, 2.05) is 23.6 Å². The summed E-state index contributed by atoms with van der Waals surface area (Å²) in [5.41, 5.74) is 1.12. The van der Waals surface area contributed by atoms with Crippen LogP contribution in [0, 0.1) is 11.6 Å². The summed E-state index contributed by atoms with van der Waals surface area (Å²) in [6.45, 7) is 0. The molecule has 5 heteroatoms. The Kier molecular flexibility index (Phi) is 3.80. The van der Waals surface area contributed by atoms with Gasteiger partial charge in [0.1, 0.15) is 11.6 Å². The van der Waals surface area contributed by atoms with E-state index in [4.69, 9.17) is 11.6 Å². The molecule has 102 valence electrons. The summed E-state index contributed by atoms with van der Waals surface area (Å²) in [5, 5.41) is 2.25. The van der Waals surface area contributed by atoms with Crippen LogP contribution in [0.1, 0.15) is 16.5 Å². The number of thiophene rings is 1. The van der Waals surface area contributed by atoms with Crippen LogP contribution in [0.4, 0.5) is 8.78 Å². The average Bonchev–Trinajstić information content (AvgIpc) is 2.83. The third kappa shape index (κ3) is 2.36. The molecule has 0 saturated heterocycles. The first-order valence-electron chi connectivity index (χ1n) is 5.82. The van der Waals surface area contributed by atoms with Gasteiger partial charge in [-0.15, -0.1) is 22.9 Å². The molecule has 0 radical (unpaired) electrons. The van der Waals surface area contributed by atoms with Gasteiger partial charge in [-0.1, -0.05) is 18.2 Å². The van der Waals surface area contributed by atoms with Crippen molar-refractivity contribution in [3.8, 4) is 0 Å². The van der Waals surface area contributed by atoms with Crippen molar-refractivity contribution in [1.29, 1.82) is 0 Å². The molecule has 0 bridgehead atoms. The summed E-state index contributed by atoms with van der Waals surface area (Å²) in [7, 11) is 0. The van der Waals surface area contributed by atoms with Crippen molar-refractivity contribution < 1.29 is 8.78 Å². The topological polar surface area (TPSA) is 0 Å². The number of hydrogen-bond acceptors (Lipinski definition) is 1. The third-order valence-electron chi connectivity index (χ3n) is 3.09. The van der Waals surface area contributed by atoms with Gasteiger partial charge in [0.05, 0.1) is 5.38 Å². The first-order chi connectivity index (χ1) is 9.58. The highest BCUT2D eigenvalue weighted by molar-refractivity contribution is 9.10. The number of alkyl halides is 1. The molecule has 20 heavy (non-hydrogen) atoms. The van der Waals surface area contributed by atoms with Gasteiger partial charge < -0.3 is 0 Å². The van der Waals surface area contributed by atoms with Crippen LogP contribution in [0.2, 0.25) is 0 Å². The van der Waals surface area contributed by atoms with E-state index >= 15 is 0 Å². The van der Waals surface area contributed by atoms with Gasteiger partial charge in [-0.2, -0.15) is 0 Å². The van der Waals surface area contributed by atoms with E-state index < -0.39 is 17.0 Å². The summed E-state index contributed by atoms with van der Waals surface area (Å²) >= 11 is 11.4. The standard InChI is InChI=1S/C15H8BrClF2S/c16-12-3-1-2-9-11(7-20-15(9)12)14(17)10-5-4-8(18)6-13(10)19/h1-7,14H. The van der Waals surface area contributed by atoms with Gasteiger partial charge in [-0.3, -0.25) is 0 Å². The van der Waals surface area contributed by atoms with Gasteiger partial charge in [-0.25, -0.2) is 8.78 Å². The second-order valence-corrected chi connectivity index (χ2v) is 6.51. The Hall–Kier alpha value is -0.970. The molecule has 0 fully saturated rings. The first-order valence-corrected chi connectivity index (χ1v) is 7.93. The van der Waals surface area contributed by atoms with E-state index in [9.17, 15) is 8.78 Å². The minimum Gasteiger partial charge on any atom is -0.207 e. The van der Waals surface area contributed by atoms with Gasteiger partial charge in [0, 0.05) is 20.8 Å². The lowest BCUT2D eigenvalue weighted by atomic mass is 10.0. The highest BCUT2D eigenvalue weighted by atomic mass is 79.9. The molecular formula is C15H8BrClF2S. The van der Waals surface area contributed by atoms with E-state index in [-0.39, 0.29) is 5.56 Å². The maximum Gasteiger partial charge on any atom is 0.131 e. The van der Waals surface area contributed by atoms with Crippen molar-refractivity contribution in [3.05, 3.63) is 69.0 Å². The van der Waals surface area contributed by atoms with Crippen molar-refractivity contribution in [2.75, 3.05) is 0 Å². The minimum atomic E-state index is -0.640. The second kappa shape index (κ2) is 5.43.